The summed E-state index contributed by atoms with van der Waals surface area (Å²) in [5, 5.41) is 9.29. The standard InChI is InChI=1S/C17H12BrCl2N3/c18-11-3-1-10(2-4-11)16-13-7-8-21-17(13)23(22-16)12-5-6-14(19)15(20)9-12/h1-6,9,21H,7-8H2. The fourth-order valence-electron chi connectivity index (χ4n) is 2.82. The molecule has 3 aromatic rings. The van der Waals surface area contributed by atoms with Crippen LogP contribution >= 0.6 is 39.1 Å². The van der Waals surface area contributed by atoms with Gasteiger partial charge in [-0.05, 0) is 36.8 Å². The SMILES string of the molecule is Clc1ccc(-n2nc(-c3ccc(Br)cc3)c3c2NCC3)cc1Cl. The van der Waals surface area contributed by atoms with Crippen LogP contribution in [0.5, 0.6) is 0 Å². The van der Waals surface area contributed by atoms with E-state index in [4.69, 9.17) is 28.3 Å². The largest absolute Gasteiger partial charge is 0.369 e. The summed E-state index contributed by atoms with van der Waals surface area (Å²) in [5.41, 5.74) is 4.24. The summed E-state index contributed by atoms with van der Waals surface area (Å²) in [4.78, 5) is 0. The zero-order valence-corrected chi connectivity index (χ0v) is 15.1. The molecule has 1 aromatic heterocycles. The lowest BCUT2D eigenvalue weighted by atomic mass is 10.1. The maximum Gasteiger partial charge on any atom is 0.133 e. The minimum Gasteiger partial charge on any atom is -0.369 e. The zero-order valence-electron chi connectivity index (χ0n) is 12.0. The van der Waals surface area contributed by atoms with Crippen LogP contribution in [0.1, 0.15) is 5.56 Å². The average molecular weight is 409 g/mol. The third-order valence-corrected chi connectivity index (χ3v) is 5.18. The van der Waals surface area contributed by atoms with Gasteiger partial charge in [0.25, 0.3) is 0 Å². The number of anilines is 1. The van der Waals surface area contributed by atoms with Crippen molar-refractivity contribution in [3.63, 3.8) is 0 Å². The van der Waals surface area contributed by atoms with Crippen LogP contribution in [0, 0.1) is 0 Å². The number of nitrogens with zero attached hydrogens (tertiary/aromatic N) is 2. The minimum atomic E-state index is 0.525. The Morgan fingerprint density at radius 3 is 2.57 bits per heavy atom. The first-order valence-electron chi connectivity index (χ1n) is 7.20. The highest BCUT2D eigenvalue weighted by molar-refractivity contribution is 9.10. The first-order valence-corrected chi connectivity index (χ1v) is 8.75. The molecule has 0 radical (unpaired) electrons. The maximum atomic E-state index is 6.16. The molecule has 0 atom stereocenters. The molecule has 0 amide bonds. The molecule has 116 valence electrons. The Morgan fingerprint density at radius 1 is 1.04 bits per heavy atom. The van der Waals surface area contributed by atoms with Crippen molar-refractivity contribution in [3.8, 4) is 16.9 Å². The molecule has 1 N–H and O–H groups in total. The first-order chi connectivity index (χ1) is 11.1. The number of halogens is 3. The summed E-state index contributed by atoms with van der Waals surface area (Å²) in [6, 6.07) is 13.8. The molecule has 1 aliphatic heterocycles. The quantitative estimate of drug-likeness (QED) is 0.600. The van der Waals surface area contributed by atoms with Crippen molar-refractivity contribution in [1.29, 1.82) is 0 Å². The van der Waals surface area contributed by atoms with Crippen molar-refractivity contribution >= 4 is 44.9 Å². The van der Waals surface area contributed by atoms with Gasteiger partial charge in [-0.2, -0.15) is 5.10 Å². The van der Waals surface area contributed by atoms with Gasteiger partial charge in [-0.15, -0.1) is 0 Å². The summed E-state index contributed by atoms with van der Waals surface area (Å²) in [5.74, 6) is 1.03. The van der Waals surface area contributed by atoms with Crippen LogP contribution in [-0.2, 0) is 6.42 Å². The molecule has 1 aliphatic rings. The molecule has 2 heterocycles. The second-order valence-electron chi connectivity index (χ2n) is 5.37. The summed E-state index contributed by atoms with van der Waals surface area (Å²) in [6.45, 7) is 0.915. The number of rotatable bonds is 2. The highest BCUT2D eigenvalue weighted by atomic mass is 79.9. The summed E-state index contributed by atoms with van der Waals surface area (Å²) in [7, 11) is 0. The number of nitrogens with one attached hydrogen (secondary N) is 1. The molecule has 23 heavy (non-hydrogen) atoms. The van der Waals surface area contributed by atoms with Crippen LogP contribution in [-0.4, -0.2) is 16.3 Å². The van der Waals surface area contributed by atoms with Gasteiger partial charge in [0.2, 0.25) is 0 Å². The van der Waals surface area contributed by atoms with Crippen molar-refractivity contribution in [1.82, 2.24) is 9.78 Å². The minimum absolute atomic E-state index is 0.525. The van der Waals surface area contributed by atoms with E-state index in [1.165, 1.54) is 5.56 Å². The van der Waals surface area contributed by atoms with E-state index in [1.807, 2.05) is 28.9 Å². The van der Waals surface area contributed by atoms with Crippen molar-refractivity contribution in [2.45, 2.75) is 6.42 Å². The van der Waals surface area contributed by atoms with Gasteiger partial charge in [0.1, 0.15) is 5.82 Å². The fourth-order valence-corrected chi connectivity index (χ4v) is 3.37. The van der Waals surface area contributed by atoms with Gasteiger partial charge in [-0.3, -0.25) is 0 Å². The van der Waals surface area contributed by atoms with E-state index in [-0.39, 0.29) is 0 Å². The van der Waals surface area contributed by atoms with E-state index in [0.717, 1.165) is 40.2 Å². The van der Waals surface area contributed by atoms with Gasteiger partial charge >= 0.3 is 0 Å². The molecular formula is C17H12BrCl2N3. The monoisotopic (exact) mass is 407 g/mol. The molecule has 0 saturated heterocycles. The van der Waals surface area contributed by atoms with Crippen LogP contribution in [0.4, 0.5) is 5.82 Å². The van der Waals surface area contributed by atoms with E-state index in [0.29, 0.717) is 10.0 Å². The van der Waals surface area contributed by atoms with Crippen LogP contribution in [0.15, 0.2) is 46.9 Å². The Morgan fingerprint density at radius 2 is 1.83 bits per heavy atom. The van der Waals surface area contributed by atoms with E-state index in [1.54, 1.807) is 6.07 Å². The lowest BCUT2D eigenvalue weighted by Gasteiger charge is -2.07. The first kappa shape index (κ1) is 15.1. The van der Waals surface area contributed by atoms with Crippen LogP contribution < -0.4 is 5.32 Å². The Hall–Kier alpha value is -1.49. The molecule has 3 nitrogen and oxygen atoms in total. The smallest absolute Gasteiger partial charge is 0.133 e. The van der Waals surface area contributed by atoms with Crippen molar-refractivity contribution in [2.75, 3.05) is 11.9 Å². The van der Waals surface area contributed by atoms with Crippen LogP contribution in [0.25, 0.3) is 16.9 Å². The molecule has 0 spiro atoms. The van der Waals surface area contributed by atoms with E-state index in [9.17, 15) is 0 Å². The number of hydrogen-bond donors (Lipinski definition) is 1. The van der Waals surface area contributed by atoms with Gasteiger partial charge in [0.05, 0.1) is 21.4 Å². The Balaban J connectivity index is 1.87. The molecule has 0 bridgehead atoms. The van der Waals surface area contributed by atoms with Crippen molar-refractivity contribution < 1.29 is 0 Å². The molecule has 0 saturated carbocycles. The topological polar surface area (TPSA) is 29.9 Å². The van der Waals surface area contributed by atoms with Gasteiger partial charge in [0, 0.05) is 22.1 Å². The molecule has 0 unspecified atom stereocenters. The highest BCUT2D eigenvalue weighted by Crippen LogP contribution is 2.36. The molecule has 0 fully saturated rings. The third-order valence-electron chi connectivity index (χ3n) is 3.92. The molecule has 6 heteroatoms. The van der Waals surface area contributed by atoms with Crippen LogP contribution in [0.3, 0.4) is 0 Å². The number of hydrogen-bond acceptors (Lipinski definition) is 2. The van der Waals surface area contributed by atoms with Gasteiger partial charge in [-0.25, -0.2) is 4.68 Å². The predicted molar refractivity (Wildman–Crippen MR) is 98.9 cm³/mol. The second-order valence-corrected chi connectivity index (χ2v) is 7.10. The number of fused-ring (bicyclic) bond motifs is 1. The summed E-state index contributed by atoms with van der Waals surface area (Å²) >= 11 is 15.6. The Kier molecular flexibility index (Phi) is 3.84. The van der Waals surface area contributed by atoms with E-state index in [2.05, 4.69) is 33.4 Å². The second kappa shape index (κ2) is 5.86. The van der Waals surface area contributed by atoms with Gasteiger partial charge < -0.3 is 5.32 Å². The van der Waals surface area contributed by atoms with E-state index < -0.39 is 0 Å². The fraction of sp³-hybridized carbons (Fsp3) is 0.118. The molecule has 0 aliphatic carbocycles. The molecule has 4 rings (SSSR count). The normalized spacial score (nSPS) is 13.0. The van der Waals surface area contributed by atoms with Crippen LogP contribution in [0.2, 0.25) is 10.0 Å². The maximum absolute atomic E-state index is 6.16. The number of benzene rings is 2. The van der Waals surface area contributed by atoms with Crippen molar-refractivity contribution in [2.24, 2.45) is 0 Å². The highest BCUT2D eigenvalue weighted by Gasteiger charge is 2.24. The molecular weight excluding hydrogens is 397 g/mol. The summed E-state index contributed by atoms with van der Waals surface area (Å²) < 4.78 is 2.96. The number of aromatic nitrogens is 2. The molecule has 2 aromatic carbocycles. The van der Waals surface area contributed by atoms with Crippen molar-refractivity contribution in [3.05, 3.63) is 62.5 Å². The lowest BCUT2D eigenvalue weighted by molar-refractivity contribution is 0.882. The Labute approximate surface area is 152 Å². The van der Waals surface area contributed by atoms with E-state index >= 15 is 0 Å². The zero-order chi connectivity index (χ0) is 16.0. The van der Waals surface area contributed by atoms with Gasteiger partial charge in [-0.1, -0.05) is 51.3 Å². The summed E-state index contributed by atoms with van der Waals surface area (Å²) in [6.07, 6.45) is 0.960. The Bertz CT molecular complexity index is 888. The predicted octanol–water partition coefficient (Wildman–Crippen LogP) is 5.58. The van der Waals surface area contributed by atoms with Gasteiger partial charge in [0.15, 0.2) is 0 Å². The lowest BCUT2D eigenvalue weighted by Crippen LogP contribution is -2.04. The average Bonchev–Trinajstić information content (AvgIpc) is 3.13. The third kappa shape index (κ3) is 2.65.